The number of nitrogens with one attached hydrogen (secondary N) is 1. The van der Waals surface area contributed by atoms with Gasteiger partial charge in [-0.25, -0.2) is 0 Å². The maximum Gasteiger partial charge on any atom is 0.220 e. The van der Waals surface area contributed by atoms with Gasteiger partial charge in [-0.1, -0.05) is 269 Å². The lowest BCUT2D eigenvalue weighted by Gasteiger charge is -2.48. The number of aliphatic hydroxyl groups is 11. The Hall–Kier alpha value is -1.99. The molecule has 0 aromatic rings. The van der Waals surface area contributed by atoms with Gasteiger partial charge in [0.25, 0.3) is 0 Å². The van der Waals surface area contributed by atoms with E-state index in [9.17, 15) is 61.0 Å². The molecule has 3 heterocycles. The van der Waals surface area contributed by atoms with E-state index in [2.05, 4.69) is 55.6 Å². The van der Waals surface area contributed by atoms with Crippen LogP contribution < -0.4 is 5.32 Å². The fourth-order valence-corrected chi connectivity index (χ4v) is 12.7. The number of carbonyl (C=O) groups is 1. The van der Waals surface area contributed by atoms with Crippen LogP contribution in [0.5, 0.6) is 0 Å². The summed E-state index contributed by atoms with van der Waals surface area (Å²) in [5, 5.41) is 121. The monoisotopic (exact) mass is 1310 g/mol. The molecule has 0 aromatic heterocycles. The third-order valence-corrected chi connectivity index (χ3v) is 18.7. The summed E-state index contributed by atoms with van der Waals surface area (Å²) in [6.07, 6.45) is 37.8. The number of hydrogen-bond acceptors (Lipinski definition) is 18. The molecule has 3 rings (SSSR count). The molecule has 1 amide bonds. The first kappa shape index (κ1) is 84.2. The van der Waals surface area contributed by atoms with Gasteiger partial charge in [-0.15, -0.1) is 0 Å². The standard InChI is InChI=1S/C73H135NO18/c1-3-5-7-9-11-13-15-17-19-21-23-25-27-29-30-32-34-36-38-40-42-44-46-48-50-57(78)56(74-61(79)51-49-47-45-43-41-39-37-35-33-31-28-26-24-22-20-18-16-14-12-10-8-6-4-2)55-87-71-67(85)64(82)69(59(53-76)89-71)92-73-68(86)65(83)70(60(54-77)90-73)91-72-66(84)63(81)62(80)58(52-75)88-72/h16,18,22,24,28,31,56-60,62-73,75-78,80-86H,3-15,17,19-21,23,25-27,29-30,32-55H2,1-2H3,(H,74,79)/b18-16-,24-22-,31-28-. The Morgan fingerprint density at radius 2 is 0.717 bits per heavy atom. The summed E-state index contributed by atoms with van der Waals surface area (Å²) in [7, 11) is 0. The lowest BCUT2D eigenvalue weighted by Crippen LogP contribution is -2.66. The average Bonchev–Trinajstić information content (AvgIpc) is 0.838. The zero-order chi connectivity index (χ0) is 66.8. The summed E-state index contributed by atoms with van der Waals surface area (Å²) >= 11 is 0. The topological polar surface area (TPSA) is 307 Å². The van der Waals surface area contributed by atoms with Crippen molar-refractivity contribution >= 4 is 5.91 Å². The SMILES string of the molecule is CCCCCCC/C=C\C/C=C\C/C=C\CCCCCCCCCCC(=O)NC(COC1OC(CO)C(OC2OC(CO)C(OC3OC(CO)C(O)C(O)C3O)C(O)C2O)C(O)C1O)C(O)CCCCCCCCCCCCCCCCCCCCCCCCCC. The number of aliphatic hydroxyl groups excluding tert-OH is 11. The minimum Gasteiger partial charge on any atom is -0.394 e. The van der Waals surface area contributed by atoms with Crippen molar-refractivity contribution in [1.82, 2.24) is 5.32 Å². The van der Waals surface area contributed by atoms with Gasteiger partial charge in [0.1, 0.15) is 73.2 Å². The molecule has 0 bridgehead atoms. The molecule has 3 aliphatic rings. The van der Waals surface area contributed by atoms with Gasteiger partial charge >= 0.3 is 0 Å². The molecule has 19 nitrogen and oxygen atoms in total. The number of rotatable bonds is 58. The molecule has 92 heavy (non-hydrogen) atoms. The molecule has 0 aliphatic carbocycles. The van der Waals surface area contributed by atoms with Crippen molar-refractivity contribution in [3.8, 4) is 0 Å². The highest BCUT2D eigenvalue weighted by Gasteiger charge is 2.53. The summed E-state index contributed by atoms with van der Waals surface area (Å²) in [6.45, 7) is 1.82. The Kier molecular flexibility index (Phi) is 50.3. The van der Waals surface area contributed by atoms with E-state index < -0.39 is 124 Å². The molecule has 3 aliphatic heterocycles. The Balaban J connectivity index is 1.41. The third kappa shape index (κ3) is 36.0. The van der Waals surface area contributed by atoms with Crippen molar-refractivity contribution in [3.63, 3.8) is 0 Å². The molecule has 0 radical (unpaired) electrons. The minimum atomic E-state index is -1.97. The number of carbonyl (C=O) groups excluding carboxylic acids is 1. The lowest BCUT2D eigenvalue weighted by atomic mass is 9.96. The fourth-order valence-electron chi connectivity index (χ4n) is 12.7. The predicted octanol–water partition coefficient (Wildman–Crippen LogP) is 10.8. The third-order valence-electron chi connectivity index (χ3n) is 18.7. The highest BCUT2D eigenvalue weighted by atomic mass is 16.8. The van der Waals surface area contributed by atoms with E-state index in [4.69, 9.17) is 28.4 Å². The maximum atomic E-state index is 13.5. The minimum absolute atomic E-state index is 0.247. The second-order valence-corrected chi connectivity index (χ2v) is 26.8. The molecule has 3 fully saturated rings. The highest BCUT2D eigenvalue weighted by molar-refractivity contribution is 5.76. The molecule has 0 aromatic carbocycles. The lowest BCUT2D eigenvalue weighted by molar-refractivity contribution is -0.379. The molecule has 19 heteroatoms. The van der Waals surface area contributed by atoms with Crippen molar-refractivity contribution in [2.24, 2.45) is 0 Å². The van der Waals surface area contributed by atoms with Gasteiger partial charge in [-0.2, -0.15) is 0 Å². The first-order valence-corrected chi connectivity index (χ1v) is 37.2. The number of hydrogen-bond donors (Lipinski definition) is 12. The second-order valence-electron chi connectivity index (χ2n) is 26.8. The number of allylic oxidation sites excluding steroid dienone is 6. The summed E-state index contributed by atoms with van der Waals surface area (Å²) < 4.78 is 34.5. The Bertz CT molecular complexity index is 1810. The van der Waals surface area contributed by atoms with Gasteiger partial charge in [0.05, 0.1) is 38.6 Å². The van der Waals surface area contributed by atoms with Crippen molar-refractivity contribution < 1.29 is 89.4 Å². The van der Waals surface area contributed by atoms with Crippen LogP contribution >= 0.6 is 0 Å². The first-order chi connectivity index (χ1) is 44.8. The van der Waals surface area contributed by atoms with Crippen molar-refractivity contribution in [3.05, 3.63) is 36.5 Å². The van der Waals surface area contributed by atoms with Gasteiger partial charge < -0.3 is 89.9 Å². The molecule has 0 spiro atoms. The van der Waals surface area contributed by atoms with Crippen LogP contribution in [0.15, 0.2) is 36.5 Å². The predicted molar refractivity (Wildman–Crippen MR) is 360 cm³/mol. The number of unbranched alkanes of at least 4 members (excludes halogenated alkanes) is 36. The molecular weight excluding hydrogens is 1180 g/mol. The van der Waals surface area contributed by atoms with E-state index in [1.807, 2.05) is 0 Å². The van der Waals surface area contributed by atoms with Crippen LogP contribution in [0.25, 0.3) is 0 Å². The van der Waals surface area contributed by atoms with Crippen LogP contribution in [0.1, 0.15) is 290 Å². The van der Waals surface area contributed by atoms with E-state index in [0.717, 1.165) is 70.6 Å². The zero-order valence-electron chi connectivity index (χ0n) is 57.3. The fraction of sp³-hybridized carbons (Fsp3) is 0.904. The second kappa shape index (κ2) is 55.0. The Morgan fingerprint density at radius 1 is 0.391 bits per heavy atom. The van der Waals surface area contributed by atoms with Crippen LogP contribution in [-0.4, -0.2) is 193 Å². The van der Waals surface area contributed by atoms with Crippen LogP contribution in [-0.2, 0) is 33.2 Å². The van der Waals surface area contributed by atoms with E-state index in [1.54, 1.807) is 0 Å². The van der Waals surface area contributed by atoms with Crippen LogP contribution in [0.4, 0.5) is 0 Å². The van der Waals surface area contributed by atoms with Crippen LogP contribution in [0, 0.1) is 0 Å². The van der Waals surface area contributed by atoms with Crippen molar-refractivity contribution in [2.75, 3.05) is 26.4 Å². The number of ether oxygens (including phenoxy) is 6. The molecule has 3 saturated heterocycles. The molecule has 0 saturated carbocycles. The quantitative estimate of drug-likeness (QED) is 0.0199. The maximum absolute atomic E-state index is 13.5. The largest absolute Gasteiger partial charge is 0.394 e. The average molecular weight is 1310 g/mol. The summed E-state index contributed by atoms with van der Waals surface area (Å²) in [6, 6.07) is -0.893. The smallest absolute Gasteiger partial charge is 0.220 e. The molecule has 12 N–H and O–H groups in total. The van der Waals surface area contributed by atoms with Gasteiger partial charge in [-0.3, -0.25) is 4.79 Å². The zero-order valence-corrected chi connectivity index (χ0v) is 57.3. The highest BCUT2D eigenvalue weighted by Crippen LogP contribution is 2.33. The molecule has 17 unspecified atom stereocenters. The van der Waals surface area contributed by atoms with E-state index >= 15 is 0 Å². The summed E-state index contributed by atoms with van der Waals surface area (Å²) in [5.41, 5.74) is 0. The summed E-state index contributed by atoms with van der Waals surface area (Å²) in [4.78, 5) is 13.5. The van der Waals surface area contributed by atoms with Gasteiger partial charge in [0, 0.05) is 6.42 Å². The van der Waals surface area contributed by atoms with E-state index in [0.29, 0.717) is 12.8 Å². The van der Waals surface area contributed by atoms with Crippen molar-refractivity contribution in [2.45, 2.75) is 394 Å². The van der Waals surface area contributed by atoms with Gasteiger partial charge in [-0.05, 0) is 51.4 Å². The summed E-state index contributed by atoms with van der Waals surface area (Å²) in [5.74, 6) is -0.247. The normalized spacial score (nSPS) is 27.9. The molecule has 17 atom stereocenters. The number of amides is 1. The first-order valence-electron chi connectivity index (χ1n) is 37.2. The molecule has 540 valence electrons. The van der Waals surface area contributed by atoms with Gasteiger partial charge in [0.2, 0.25) is 5.91 Å². The Morgan fingerprint density at radius 3 is 1.12 bits per heavy atom. The van der Waals surface area contributed by atoms with Crippen molar-refractivity contribution in [1.29, 1.82) is 0 Å². The molecular formula is C73H135NO18. The van der Waals surface area contributed by atoms with E-state index in [1.165, 1.54) is 186 Å². The van der Waals surface area contributed by atoms with E-state index in [-0.39, 0.29) is 18.9 Å². The van der Waals surface area contributed by atoms with Crippen LogP contribution in [0.2, 0.25) is 0 Å². The Labute approximate surface area is 555 Å². The van der Waals surface area contributed by atoms with Gasteiger partial charge in [0.15, 0.2) is 18.9 Å². The van der Waals surface area contributed by atoms with Crippen LogP contribution in [0.3, 0.4) is 0 Å².